The van der Waals surface area contributed by atoms with Crippen molar-refractivity contribution in [2.24, 2.45) is 5.92 Å². The molecule has 0 radical (unpaired) electrons. The minimum absolute atomic E-state index is 0.0794. The number of carbonyl (C=O) groups is 4. The summed E-state index contributed by atoms with van der Waals surface area (Å²) in [5.74, 6) is -3.58. The predicted molar refractivity (Wildman–Crippen MR) is 187 cm³/mol. The summed E-state index contributed by atoms with van der Waals surface area (Å²) in [7, 11) is -4.28. The molecule has 2 unspecified atom stereocenters. The first-order valence-electron chi connectivity index (χ1n) is 14.8. The number of hydrogen-bond donors (Lipinski definition) is 2. The molecule has 5 rings (SSSR count). The van der Waals surface area contributed by atoms with E-state index in [0.29, 0.717) is 38.9 Å². The van der Waals surface area contributed by atoms with E-state index in [1.54, 1.807) is 79.9 Å². The van der Waals surface area contributed by atoms with Crippen molar-refractivity contribution < 1.29 is 27.6 Å². The lowest BCUT2D eigenvalue weighted by molar-refractivity contribution is -0.141. The van der Waals surface area contributed by atoms with Crippen LogP contribution in [0.4, 0.5) is 5.69 Å². The molecule has 9 nitrogen and oxygen atoms in total. The summed E-state index contributed by atoms with van der Waals surface area (Å²) in [5, 5.41) is 6.10. The Morgan fingerprint density at radius 3 is 2.26 bits per heavy atom. The zero-order valence-corrected chi connectivity index (χ0v) is 28.8. The van der Waals surface area contributed by atoms with E-state index >= 15 is 0 Å². The molecule has 0 bridgehead atoms. The molecular weight excluding hydrogens is 678 g/mol. The van der Waals surface area contributed by atoms with Gasteiger partial charge in [0.2, 0.25) is 17.7 Å². The predicted octanol–water partition coefficient (Wildman–Crippen LogP) is 6.30. The molecule has 0 aliphatic carbocycles. The first kappa shape index (κ1) is 34.4. The molecule has 2 atom stereocenters. The Morgan fingerprint density at radius 2 is 1.64 bits per heavy atom. The summed E-state index contributed by atoms with van der Waals surface area (Å²) < 4.78 is 27.7. The maximum absolute atomic E-state index is 13.5. The van der Waals surface area contributed by atoms with Gasteiger partial charge in [0, 0.05) is 18.8 Å². The Labute approximate surface area is 286 Å². The lowest BCUT2D eigenvalue weighted by Crippen LogP contribution is -2.46. The smallest absolute Gasteiger partial charge is 0.264 e. The summed E-state index contributed by atoms with van der Waals surface area (Å²) in [6.07, 6.45) is 1.92. The molecule has 2 heterocycles. The van der Waals surface area contributed by atoms with Crippen LogP contribution < -0.4 is 10.0 Å². The van der Waals surface area contributed by atoms with E-state index in [2.05, 4.69) is 10.0 Å². The highest BCUT2D eigenvalue weighted by Gasteiger charge is 2.48. The number of ketones is 1. The maximum Gasteiger partial charge on any atom is 0.264 e. The van der Waals surface area contributed by atoms with E-state index in [9.17, 15) is 27.6 Å². The van der Waals surface area contributed by atoms with Gasteiger partial charge in [-0.25, -0.2) is 13.1 Å². The summed E-state index contributed by atoms with van der Waals surface area (Å²) in [5.41, 5.74) is 0.986. The second kappa shape index (κ2) is 14.4. The average molecular weight is 710 g/mol. The number of sulfonamides is 1. The summed E-state index contributed by atoms with van der Waals surface area (Å²) in [6.45, 7) is 4.24. The molecule has 0 saturated heterocycles. The van der Waals surface area contributed by atoms with Crippen molar-refractivity contribution >= 4 is 84.7 Å². The van der Waals surface area contributed by atoms with Crippen molar-refractivity contribution in [3.8, 4) is 0 Å². The van der Waals surface area contributed by atoms with Gasteiger partial charge >= 0.3 is 0 Å². The van der Waals surface area contributed by atoms with Crippen molar-refractivity contribution in [1.82, 2.24) is 9.62 Å². The third-order valence-electron chi connectivity index (χ3n) is 7.91. The van der Waals surface area contributed by atoms with Crippen LogP contribution in [0.25, 0.3) is 10.8 Å². The first-order chi connectivity index (χ1) is 22.5. The number of nitrogens with zero attached hydrogens (tertiary/aromatic N) is 1. The van der Waals surface area contributed by atoms with Crippen LogP contribution in [-0.4, -0.2) is 54.7 Å². The maximum atomic E-state index is 13.5. The monoisotopic (exact) mass is 709 g/mol. The van der Waals surface area contributed by atoms with Crippen LogP contribution in [0.2, 0.25) is 4.34 Å². The van der Waals surface area contributed by atoms with Gasteiger partial charge in [-0.05, 0) is 84.8 Å². The number of Topliss-reactive ketones (excluding diaryl/α,β-unsaturated/α-hetero) is 1. The fourth-order valence-electron chi connectivity index (χ4n) is 5.29. The number of carbonyl (C=O) groups excluding carboxylic acids is 4. The molecule has 3 aromatic carbocycles. The molecule has 244 valence electrons. The lowest BCUT2D eigenvalue weighted by atomic mass is 9.95. The van der Waals surface area contributed by atoms with Crippen molar-refractivity contribution in [1.29, 1.82) is 0 Å². The standard InChI is InChI=1S/C34H32ClN3O6S3/c1-3-38(4-2)32(41)27(31(40)37-47(43,44)26-15-12-23-8-5-6-9-24(23)21-26)20-22-10-13-25(14-11-22)36-33(42)34(18-7-19-45-34)30(39)28-16-17-29(35)46-28/h5-17,19,21,27H,3-4,18,20H2,1-2H3,(H,36,42)(H,37,40). The number of fused-ring (bicyclic) bond motifs is 1. The van der Waals surface area contributed by atoms with E-state index in [4.69, 9.17) is 11.6 Å². The highest BCUT2D eigenvalue weighted by atomic mass is 35.5. The number of thioether (sulfide) groups is 1. The van der Waals surface area contributed by atoms with Crippen molar-refractivity contribution in [2.45, 2.75) is 36.3 Å². The van der Waals surface area contributed by atoms with Crippen molar-refractivity contribution in [3.63, 3.8) is 0 Å². The van der Waals surface area contributed by atoms with Crippen LogP contribution in [-0.2, 0) is 30.8 Å². The molecule has 2 N–H and O–H groups in total. The van der Waals surface area contributed by atoms with E-state index in [1.165, 1.54) is 17.0 Å². The normalized spacial score (nSPS) is 16.5. The van der Waals surface area contributed by atoms with Crippen molar-refractivity contribution in [3.05, 3.63) is 105 Å². The number of thiophene rings is 1. The highest BCUT2D eigenvalue weighted by Crippen LogP contribution is 2.42. The number of anilines is 1. The second-order valence-corrected chi connectivity index (χ2v) is 15.5. The van der Waals surface area contributed by atoms with Crippen LogP contribution in [0.5, 0.6) is 0 Å². The number of benzene rings is 3. The number of rotatable bonds is 12. The number of nitrogens with one attached hydrogen (secondary N) is 2. The molecule has 0 saturated carbocycles. The molecular formula is C34H32ClN3O6S3. The highest BCUT2D eigenvalue weighted by molar-refractivity contribution is 8.05. The number of hydrogen-bond acceptors (Lipinski definition) is 8. The van der Waals surface area contributed by atoms with E-state index in [1.807, 2.05) is 12.1 Å². The SMILES string of the molecule is CCN(CC)C(=O)C(Cc1ccc(NC(=O)C2(C(=O)c3ccc(Cl)s3)CC=CS2)cc1)C(=O)NS(=O)(=O)c1ccc2ccccc2c1. The first-order valence-corrected chi connectivity index (χ1v) is 18.4. The quantitative estimate of drug-likeness (QED) is 0.131. The van der Waals surface area contributed by atoms with Crippen LogP contribution >= 0.6 is 34.7 Å². The molecule has 1 aliphatic heterocycles. The molecule has 4 aromatic rings. The van der Waals surface area contributed by atoms with Crippen LogP contribution in [0, 0.1) is 5.92 Å². The Kier molecular flexibility index (Phi) is 10.5. The number of amides is 3. The molecule has 1 aliphatic rings. The van der Waals surface area contributed by atoms with Gasteiger partial charge in [0.15, 0.2) is 10.5 Å². The van der Waals surface area contributed by atoms with Gasteiger partial charge in [0.1, 0.15) is 5.92 Å². The van der Waals surface area contributed by atoms with Gasteiger partial charge < -0.3 is 10.2 Å². The van der Waals surface area contributed by atoms with Gasteiger partial charge in [0.25, 0.3) is 10.0 Å². The Morgan fingerprint density at radius 1 is 0.936 bits per heavy atom. The molecule has 47 heavy (non-hydrogen) atoms. The molecule has 0 spiro atoms. The van der Waals surface area contributed by atoms with E-state index in [0.717, 1.165) is 28.5 Å². The summed E-state index contributed by atoms with van der Waals surface area (Å²) in [4.78, 5) is 55.6. The van der Waals surface area contributed by atoms with Crippen LogP contribution in [0.3, 0.4) is 0 Å². The third kappa shape index (κ3) is 7.46. The second-order valence-electron chi connectivity index (χ2n) is 10.9. The van der Waals surface area contributed by atoms with Crippen LogP contribution in [0.15, 0.2) is 95.2 Å². The fraction of sp³-hybridized carbons (Fsp3) is 0.235. The topological polar surface area (TPSA) is 130 Å². The number of allylic oxidation sites excluding steroid dienone is 1. The van der Waals surface area contributed by atoms with E-state index in [-0.39, 0.29) is 23.5 Å². The zero-order valence-electron chi connectivity index (χ0n) is 25.6. The average Bonchev–Trinajstić information content (AvgIpc) is 3.74. The van der Waals surface area contributed by atoms with Crippen LogP contribution in [0.1, 0.15) is 35.5 Å². The van der Waals surface area contributed by atoms with Gasteiger partial charge in [0.05, 0.1) is 14.1 Å². The zero-order chi connectivity index (χ0) is 33.8. The number of halogens is 1. The molecule has 0 fully saturated rings. The molecule has 13 heteroatoms. The van der Waals surface area contributed by atoms with Gasteiger partial charge in [-0.15, -0.1) is 23.1 Å². The minimum Gasteiger partial charge on any atom is -0.343 e. The summed E-state index contributed by atoms with van der Waals surface area (Å²) >= 11 is 8.29. The lowest BCUT2D eigenvalue weighted by Gasteiger charge is -2.25. The van der Waals surface area contributed by atoms with E-state index < -0.39 is 38.4 Å². The Balaban J connectivity index is 1.33. The Hall–Kier alpha value is -3.97. The molecule has 1 aromatic heterocycles. The largest absolute Gasteiger partial charge is 0.343 e. The van der Waals surface area contributed by atoms with Gasteiger partial charge in [-0.1, -0.05) is 60.1 Å². The van der Waals surface area contributed by atoms with Gasteiger partial charge in [-0.3, -0.25) is 19.2 Å². The van der Waals surface area contributed by atoms with Crippen molar-refractivity contribution in [2.75, 3.05) is 18.4 Å². The summed E-state index contributed by atoms with van der Waals surface area (Å²) in [6, 6.07) is 21.6. The van der Waals surface area contributed by atoms with Gasteiger partial charge in [-0.2, -0.15) is 0 Å². The fourth-order valence-corrected chi connectivity index (χ4v) is 8.47. The molecule has 3 amide bonds. The third-order valence-corrected chi connectivity index (χ3v) is 11.8. The Bertz CT molecular complexity index is 1960. The minimum atomic E-state index is -4.28.